The molecule has 2 aromatic rings. The topological polar surface area (TPSA) is 101 Å². The van der Waals surface area contributed by atoms with Gasteiger partial charge in [0.05, 0.1) is 17.4 Å². The molecule has 1 N–H and O–H groups in total. The van der Waals surface area contributed by atoms with Crippen LogP contribution >= 0.6 is 0 Å². The molecule has 1 saturated heterocycles. The highest BCUT2D eigenvalue weighted by atomic mass is 32.2. The van der Waals surface area contributed by atoms with Gasteiger partial charge in [0.2, 0.25) is 5.91 Å². The first kappa shape index (κ1) is 36.1. The second kappa shape index (κ2) is 13.3. The first-order chi connectivity index (χ1) is 22.4. The number of hydrogen-bond acceptors (Lipinski definition) is 5. The molecule has 15 heteroatoms. The summed E-state index contributed by atoms with van der Waals surface area (Å²) in [5, 5.41) is 9.30. The number of ether oxygens (including phenoxy) is 1. The fourth-order valence-corrected chi connectivity index (χ4v) is 9.51. The average Bonchev–Trinajstić information content (AvgIpc) is 3.72. The summed E-state index contributed by atoms with van der Waals surface area (Å²) in [6, 6.07) is 6.77. The molecule has 2 saturated carbocycles. The lowest BCUT2D eigenvalue weighted by molar-refractivity contribution is -0.391. The fraction of sp³-hybridized carbons (Fsp3) is 0.576. The molecule has 48 heavy (non-hydrogen) atoms. The van der Waals surface area contributed by atoms with Crippen molar-refractivity contribution in [3.63, 3.8) is 0 Å². The van der Waals surface area contributed by atoms with E-state index in [0.717, 1.165) is 36.4 Å². The molecule has 1 atom stereocenters. The summed E-state index contributed by atoms with van der Waals surface area (Å²) >= 11 is 0. The summed E-state index contributed by atoms with van der Waals surface area (Å²) < 4.78 is 132. The van der Waals surface area contributed by atoms with Crippen LogP contribution < -0.4 is 0 Å². The Morgan fingerprint density at radius 1 is 0.833 bits per heavy atom. The smallest absolute Gasteiger partial charge is 0.430 e. The molecule has 1 aliphatic heterocycles. The minimum Gasteiger partial charge on any atom is -0.481 e. The Morgan fingerprint density at radius 3 is 1.90 bits per heavy atom. The summed E-state index contributed by atoms with van der Waals surface area (Å²) in [4.78, 5) is 25.9. The number of carboxylic acid groups (broad SMARTS) is 1. The number of likely N-dealkylation sites (tertiary alicyclic amines) is 1. The van der Waals surface area contributed by atoms with Gasteiger partial charge < -0.3 is 14.7 Å². The lowest BCUT2D eigenvalue weighted by Crippen LogP contribution is -2.56. The number of sulfone groups is 1. The predicted octanol–water partition coefficient (Wildman–Crippen LogP) is 7.14. The average molecular weight is 708 g/mol. The zero-order chi connectivity index (χ0) is 35.1. The third-order valence-electron chi connectivity index (χ3n) is 10.2. The summed E-state index contributed by atoms with van der Waals surface area (Å²) in [5.41, 5.74) is -6.08. The number of alkyl halides is 6. The Labute approximate surface area is 273 Å². The second-order valence-electron chi connectivity index (χ2n) is 13.1. The highest BCUT2D eigenvalue weighted by molar-refractivity contribution is 7.92. The van der Waals surface area contributed by atoms with Gasteiger partial charge in [0.15, 0.2) is 9.84 Å². The van der Waals surface area contributed by atoms with Gasteiger partial charge in [0.25, 0.3) is 5.60 Å². The number of rotatable bonds is 9. The number of carbonyl (C=O) groups is 2. The summed E-state index contributed by atoms with van der Waals surface area (Å²) in [5.74, 6) is -3.78. The van der Waals surface area contributed by atoms with Crippen LogP contribution in [0.15, 0.2) is 53.4 Å². The highest BCUT2D eigenvalue weighted by Crippen LogP contribution is 2.54. The van der Waals surface area contributed by atoms with Crippen molar-refractivity contribution in [3.05, 3.63) is 65.5 Å². The van der Waals surface area contributed by atoms with E-state index in [0.29, 0.717) is 37.8 Å². The van der Waals surface area contributed by atoms with E-state index in [4.69, 9.17) is 4.74 Å². The maximum atomic E-state index is 14.5. The Balaban J connectivity index is 1.53. The molecule has 3 fully saturated rings. The lowest BCUT2D eigenvalue weighted by atomic mass is 9.81. The minimum atomic E-state index is -5.92. The van der Waals surface area contributed by atoms with Gasteiger partial charge in [-0.25, -0.2) is 12.8 Å². The largest absolute Gasteiger partial charge is 0.481 e. The number of nitrogens with zero attached hydrogens (tertiary/aromatic N) is 1. The molecular formula is C33H36F7NO6S. The van der Waals surface area contributed by atoms with Crippen LogP contribution in [0.5, 0.6) is 0 Å². The van der Waals surface area contributed by atoms with Crippen molar-refractivity contribution in [1.82, 2.24) is 4.90 Å². The molecule has 0 aromatic heterocycles. The molecule has 1 amide bonds. The molecule has 264 valence electrons. The number of benzene rings is 2. The van der Waals surface area contributed by atoms with E-state index in [1.807, 2.05) is 0 Å². The number of carbonyl (C=O) groups excluding carboxylic acids is 1. The van der Waals surface area contributed by atoms with Gasteiger partial charge in [-0.05, 0) is 80.7 Å². The number of hydrogen-bond donors (Lipinski definition) is 1. The first-order valence-corrected chi connectivity index (χ1v) is 17.3. The van der Waals surface area contributed by atoms with E-state index in [2.05, 4.69) is 0 Å². The normalized spacial score (nSPS) is 24.6. The van der Waals surface area contributed by atoms with E-state index in [-0.39, 0.29) is 49.1 Å². The molecular weight excluding hydrogens is 671 g/mol. The van der Waals surface area contributed by atoms with Gasteiger partial charge in [0.1, 0.15) is 10.6 Å². The molecule has 0 bridgehead atoms. The Morgan fingerprint density at radius 2 is 1.38 bits per heavy atom. The van der Waals surface area contributed by atoms with Gasteiger partial charge in [-0.2, -0.15) is 26.3 Å². The zero-order valence-electron chi connectivity index (χ0n) is 25.8. The monoisotopic (exact) mass is 707 g/mol. The zero-order valence-corrected chi connectivity index (χ0v) is 26.6. The molecule has 7 nitrogen and oxygen atoms in total. The van der Waals surface area contributed by atoms with Crippen LogP contribution in [0.25, 0.3) is 0 Å². The van der Waals surface area contributed by atoms with Crippen LogP contribution in [-0.4, -0.2) is 62.3 Å². The molecule has 3 aliphatic rings. The molecule has 2 aromatic carbocycles. The lowest BCUT2D eigenvalue weighted by Gasteiger charge is -2.38. The molecule has 0 radical (unpaired) electrons. The Kier molecular flexibility index (Phi) is 9.97. The SMILES string of the molecule is O=C(O)C1CCC(C(=O)N2CC[C@](c3ccc(C(OCC4CCCC4)(C(F)(F)F)C(F)(F)F)cc3)(S(=O)(=O)c3ccc(F)cc3)C2)CC1. The van der Waals surface area contributed by atoms with Gasteiger partial charge in [-0.1, -0.05) is 37.1 Å². The van der Waals surface area contributed by atoms with E-state index < -0.39 is 86.7 Å². The minimum absolute atomic E-state index is 0.0978. The van der Waals surface area contributed by atoms with Gasteiger partial charge in [0, 0.05) is 24.6 Å². The van der Waals surface area contributed by atoms with Gasteiger partial charge >= 0.3 is 18.3 Å². The van der Waals surface area contributed by atoms with Crippen molar-refractivity contribution in [2.24, 2.45) is 17.8 Å². The van der Waals surface area contributed by atoms with E-state index >= 15 is 0 Å². The third-order valence-corrected chi connectivity index (χ3v) is 12.7. The van der Waals surface area contributed by atoms with Crippen LogP contribution in [0.1, 0.15) is 68.9 Å². The van der Waals surface area contributed by atoms with E-state index in [9.17, 15) is 53.8 Å². The first-order valence-electron chi connectivity index (χ1n) is 15.8. The van der Waals surface area contributed by atoms with Crippen LogP contribution in [-0.2, 0) is 34.5 Å². The number of amides is 1. The molecule has 1 heterocycles. The number of aliphatic carboxylic acids is 1. The van der Waals surface area contributed by atoms with Crippen molar-refractivity contribution in [2.45, 2.75) is 85.4 Å². The number of halogens is 7. The standard InChI is InChI=1S/C33H36F7NO6S/c34-26-13-15-27(16-14-26)48(45,46)30(17-18-41(20-30)28(42)22-5-7-23(8-6-22)29(43)44)24-9-11-25(12-10-24)31(32(35,36)37,33(38,39)40)47-19-21-3-1-2-4-21/h9-16,21-23H,1-8,17-20H2,(H,43,44)/t22?,23?,30-/m0/s1. The third kappa shape index (κ3) is 6.44. The van der Waals surface area contributed by atoms with Crippen molar-refractivity contribution < 1.29 is 58.6 Å². The summed E-state index contributed by atoms with van der Waals surface area (Å²) in [6.07, 6.45) is -8.85. The van der Waals surface area contributed by atoms with Crippen molar-refractivity contribution in [2.75, 3.05) is 19.7 Å². The van der Waals surface area contributed by atoms with Gasteiger partial charge in [-0.3, -0.25) is 9.59 Å². The van der Waals surface area contributed by atoms with Crippen molar-refractivity contribution >= 4 is 21.7 Å². The van der Waals surface area contributed by atoms with E-state index in [1.54, 1.807) is 0 Å². The quantitative estimate of drug-likeness (QED) is 0.220. The summed E-state index contributed by atoms with van der Waals surface area (Å²) in [6.45, 7) is -1.33. The maximum Gasteiger partial charge on any atom is 0.430 e. The molecule has 2 aliphatic carbocycles. The second-order valence-corrected chi connectivity index (χ2v) is 15.3. The van der Waals surface area contributed by atoms with Crippen LogP contribution in [0.2, 0.25) is 0 Å². The predicted molar refractivity (Wildman–Crippen MR) is 158 cm³/mol. The van der Waals surface area contributed by atoms with Crippen LogP contribution in [0, 0.1) is 23.6 Å². The van der Waals surface area contributed by atoms with Gasteiger partial charge in [-0.15, -0.1) is 0 Å². The van der Waals surface area contributed by atoms with E-state index in [1.165, 1.54) is 4.90 Å². The molecule has 0 spiro atoms. The Hall–Kier alpha value is -3.20. The maximum absolute atomic E-state index is 14.5. The van der Waals surface area contributed by atoms with Crippen LogP contribution in [0.3, 0.4) is 0 Å². The number of carboxylic acids is 1. The molecule has 5 rings (SSSR count). The van der Waals surface area contributed by atoms with Crippen molar-refractivity contribution in [3.8, 4) is 0 Å². The van der Waals surface area contributed by atoms with Crippen LogP contribution in [0.4, 0.5) is 30.7 Å². The molecule has 0 unspecified atom stereocenters. The Bertz CT molecular complexity index is 1570. The van der Waals surface area contributed by atoms with Crippen molar-refractivity contribution in [1.29, 1.82) is 0 Å². The highest BCUT2D eigenvalue weighted by Gasteiger charge is 2.73. The fourth-order valence-electron chi connectivity index (χ4n) is 7.43. The summed E-state index contributed by atoms with van der Waals surface area (Å²) in [7, 11) is -4.53.